The Hall–Kier alpha value is -1.62. The zero-order valence-corrected chi connectivity index (χ0v) is 11.7. The van der Waals surface area contributed by atoms with Crippen LogP contribution in [0.1, 0.15) is 11.6 Å². The van der Waals surface area contributed by atoms with Crippen molar-refractivity contribution in [2.24, 2.45) is 4.99 Å². The summed E-state index contributed by atoms with van der Waals surface area (Å²) in [5.41, 5.74) is 0.971. The van der Waals surface area contributed by atoms with Crippen LogP contribution in [0.4, 0.5) is 4.39 Å². The minimum atomic E-state index is -0.195. The van der Waals surface area contributed by atoms with Crippen LogP contribution in [0.3, 0.4) is 0 Å². The van der Waals surface area contributed by atoms with Gasteiger partial charge in [-0.3, -0.25) is 4.99 Å². The lowest BCUT2D eigenvalue weighted by atomic mass is 10.1. The lowest BCUT2D eigenvalue weighted by Crippen LogP contribution is -2.40. The fourth-order valence-corrected chi connectivity index (χ4v) is 2.22. The highest BCUT2D eigenvalue weighted by Gasteiger charge is 2.18. The van der Waals surface area contributed by atoms with E-state index in [2.05, 4.69) is 20.1 Å². The quantitative estimate of drug-likeness (QED) is 0.890. The monoisotopic (exact) mass is 264 g/mol. The normalized spacial score (nSPS) is 16.7. The first-order chi connectivity index (χ1) is 9.08. The van der Waals surface area contributed by atoms with Gasteiger partial charge in [0, 0.05) is 20.1 Å². The van der Waals surface area contributed by atoms with Crippen molar-refractivity contribution in [2.75, 3.05) is 40.8 Å². The lowest BCUT2D eigenvalue weighted by molar-refractivity contribution is 0.296. The van der Waals surface area contributed by atoms with Gasteiger partial charge in [-0.05, 0) is 31.8 Å². The summed E-state index contributed by atoms with van der Waals surface area (Å²) < 4.78 is 13.3. The van der Waals surface area contributed by atoms with Crippen molar-refractivity contribution in [3.8, 4) is 0 Å². The highest BCUT2D eigenvalue weighted by atomic mass is 19.1. The van der Waals surface area contributed by atoms with Crippen LogP contribution in [-0.2, 0) is 0 Å². The molecule has 1 aromatic carbocycles. The molecule has 2 rings (SSSR count). The highest BCUT2D eigenvalue weighted by Crippen LogP contribution is 2.18. The Morgan fingerprint density at radius 2 is 2.26 bits per heavy atom. The number of aliphatic imine (C=N–C) groups is 1. The second-order valence-electron chi connectivity index (χ2n) is 5.04. The van der Waals surface area contributed by atoms with Gasteiger partial charge in [0.2, 0.25) is 0 Å². The van der Waals surface area contributed by atoms with E-state index >= 15 is 0 Å². The molecule has 1 aromatic rings. The highest BCUT2D eigenvalue weighted by molar-refractivity contribution is 5.81. The molecule has 0 aromatic heterocycles. The van der Waals surface area contributed by atoms with Crippen LogP contribution < -0.4 is 5.32 Å². The fourth-order valence-electron chi connectivity index (χ4n) is 2.22. The third kappa shape index (κ3) is 3.44. The molecule has 104 valence electrons. The van der Waals surface area contributed by atoms with Gasteiger partial charge in [-0.1, -0.05) is 12.1 Å². The van der Waals surface area contributed by atoms with Gasteiger partial charge >= 0.3 is 0 Å². The van der Waals surface area contributed by atoms with Crippen molar-refractivity contribution in [1.82, 2.24) is 15.1 Å². The molecule has 0 aliphatic carbocycles. The average Bonchev–Trinajstić information content (AvgIpc) is 2.75. The molecule has 0 amide bonds. The van der Waals surface area contributed by atoms with Crippen molar-refractivity contribution in [3.63, 3.8) is 0 Å². The molecule has 0 spiro atoms. The van der Waals surface area contributed by atoms with E-state index in [1.165, 1.54) is 6.07 Å². The van der Waals surface area contributed by atoms with Gasteiger partial charge in [0.15, 0.2) is 5.96 Å². The predicted molar refractivity (Wildman–Crippen MR) is 75.8 cm³/mol. The molecule has 0 saturated heterocycles. The minimum absolute atomic E-state index is 0.118. The molecule has 1 heterocycles. The van der Waals surface area contributed by atoms with Gasteiger partial charge in [-0.2, -0.15) is 0 Å². The number of likely N-dealkylation sites (N-methyl/N-ethyl adjacent to an activating group) is 2. The van der Waals surface area contributed by atoms with Crippen LogP contribution in [0.15, 0.2) is 29.3 Å². The number of hydrogen-bond acceptors (Lipinski definition) is 4. The maximum Gasteiger partial charge on any atom is 0.193 e. The molecule has 0 radical (unpaired) electrons. The first kappa shape index (κ1) is 13.8. The SMILES string of the molecule is CN1CCN=C1NCC(c1cccc(F)c1)N(C)C. The van der Waals surface area contributed by atoms with Crippen LogP contribution in [0.2, 0.25) is 0 Å². The first-order valence-electron chi connectivity index (χ1n) is 6.49. The second-order valence-corrected chi connectivity index (χ2v) is 5.04. The van der Waals surface area contributed by atoms with E-state index in [-0.39, 0.29) is 11.9 Å². The van der Waals surface area contributed by atoms with Gasteiger partial charge < -0.3 is 15.1 Å². The van der Waals surface area contributed by atoms with Crippen LogP contribution >= 0.6 is 0 Å². The molecule has 19 heavy (non-hydrogen) atoms. The second kappa shape index (κ2) is 6.02. The zero-order valence-electron chi connectivity index (χ0n) is 11.7. The number of nitrogens with zero attached hydrogens (tertiary/aromatic N) is 3. The maximum atomic E-state index is 13.3. The summed E-state index contributed by atoms with van der Waals surface area (Å²) in [6.07, 6.45) is 0. The van der Waals surface area contributed by atoms with Gasteiger partial charge in [-0.15, -0.1) is 0 Å². The summed E-state index contributed by atoms with van der Waals surface area (Å²) in [7, 11) is 6.01. The Morgan fingerprint density at radius 3 is 2.84 bits per heavy atom. The summed E-state index contributed by atoms with van der Waals surface area (Å²) in [6.45, 7) is 2.50. The van der Waals surface area contributed by atoms with Crippen molar-refractivity contribution in [1.29, 1.82) is 0 Å². The Morgan fingerprint density at radius 1 is 1.47 bits per heavy atom. The largest absolute Gasteiger partial charge is 0.354 e. The molecule has 1 N–H and O–H groups in total. The van der Waals surface area contributed by atoms with E-state index < -0.39 is 0 Å². The van der Waals surface area contributed by atoms with Crippen LogP contribution in [-0.4, -0.2) is 56.5 Å². The predicted octanol–water partition coefficient (Wildman–Crippen LogP) is 1.32. The Bertz CT molecular complexity index is 459. The number of hydrogen-bond donors (Lipinski definition) is 1. The lowest BCUT2D eigenvalue weighted by Gasteiger charge is -2.26. The van der Waals surface area contributed by atoms with Gasteiger partial charge in [0.05, 0.1) is 12.6 Å². The van der Waals surface area contributed by atoms with Crippen LogP contribution in [0, 0.1) is 5.82 Å². The molecule has 4 nitrogen and oxygen atoms in total. The molecule has 1 unspecified atom stereocenters. The Labute approximate surface area is 113 Å². The summed E-state index contributed by atoms with van der Waals surface area (Å²) in [5.74, 6) is 0.725. The molecule has 1 aliphatic rings. The van der Waals surface area contributed by atoms with E-state index in [1.54, 1.807) is 12.1 Å². The minimum Gasteiger partial charge on any atom is -0.354 e. The Kier molecular flexibility index (Phi) is 4.37. The summed E-state index contributed by atoms with van der Waals surface area (Å²) in [5, 5.41) is 3.34. The zero-order chi connectivity index (χ0) is 13.8. The standard InChI is InChI=1S/C14H21FN4/c1-18(2)13(11-5-4-6-12(15)9-11)10-17-14-16-7-8-19(14)3/h4-6,9,13H,7-8,10H2,1-3H3,(H,16,17). The molecule has 0 fully saturated rings. The third-order valence-electron chi connectivity index (χ3n) is 3.37. The molecule has 1 aliphatic heterocycles. The van der Waals surface area contributed by atoms with E-state index in [1.807, 2.05) is 27.2 Å². The van der Waals surface area contributed by atoms with E-state index in [0.717, 1.165) is 24.6 Å². The fraction of sp³-hybridized carbons (Fsp3) is 0.500. The van der Waals surface area contributed by atoms with Crippen molar-refractivity contribution >= 4 is 5.96 Å². The number of guanidine groups is 1. The molecular formula is C14H21FN4. The van der Waals surface area contributed by atoms with E-state index in [4.69, 9.17) is 0 Å². The summed E-state index contributed by atoms with van der Waals surface area (Å²) >= 11 is 0. The Balaban J connectivity index is 2.04. The van der Waals surface area contributed by atoms with Crippen molar-refractivity contribution in [3.05, 3.63) is 35.6 Å². The van der Waals surface area contributed by atoms with Crippen molar-refractivity contribution < 1.29 is 4.39 Å². The smallest absolute Gasteiger partial charge is 0.193 e. The third-order valence-corrected chi connectivity index (χ3v) is 3.37. The topological polar surface area (TPSA) is 30.9 Å². The number of nitrogens with one attached hydrogen (secondary N) is 1. The van der Waals surface area contributed by atoms with Gasteiger partial charge in [0.1, 0.15) is 5.82 Å². The number of rotatable bonds is 4. The van der Waals surface area contributed by atoms with Crippen LogP contribution in [0.5, 0.6) is 0 Å². The van der Waals surface area contributed by atoms with Gasteiger partial charge in [-0.25, -0.2) is 4.39 Å². The first-order valence-corrected chi connectivity index (χ1v) is 6.49. The number of benzene rings is 1. The molecule has 0 bridgehead atoms. The summed E-state index contributed by atoms with van der Waals surface area (Å²) in [4.78, 5) is 8.57. The maximum absolute atomic E-state index is 13.3. The average molecular weight is 264 g/mol. The molecule has 1 atom stereocenters. The van der Waals surface area contributed by atoms with Crippen LogP contribution in [0.25, 0.3) is 0 Å². The van der Waals surface area contributed by atoms with E-state index in [9.17, 15) is 4.39 Å². The van der Waals surface area contributed by atoms with Gasteiger partial charge in [0.25, 0.3) is 0 Å². The number of halogens is 1. The summed E-state index contributed by atoms with van der Waals surface area (Å²) in [6, 6.07) is 6.88. The molecular weight excluding hydrogens is 243 g/mol. The molecule has 0 saturated carbocycles. The molecule has 5 heteroatoms. The van der Waals surface area contributed by atoms with Crippen molar-refractivity contribution in [2.45, 2.75) is 6.04 Å². The van der Waals surface area contributed by atoms with E-state index in [0.29, 0.717) is 6.54 Å².